The second-order valence-corrected chi connectivity index (χ2v) is 9.47. The summed E-state index contributed by atoms with van der Waals surface area (Å²) >= 11 is 0. The molecule has 2 N–H and O–H groups in total. The first-order chi connectivity index (χ1) is 11.4. The highest BCUT2D eigenvalue weighted by atomic mass is 32.2. The number of aliphatic hydroxyl groups is 1. The molecule has 0 atom stereocenters. The van der Waals surface area contributed by atoms with E-state index in [1.54, 1.807) is 0 Å². The molecule has 1 aromatic carbocycles. The SMILES string of the molecule is CS(=O)(=O)c1cc(NC2=CC(=O)N(CCO)C2=O)cc(S(C)(=O)=O)c1. The number of rotatable bonds is 6. The van der Waals surface area contributed by atoms with Gasteiger partial charge in [-0.3, -0.25) is 14.5 Å². The zero-order valence-electron chi connectivity index (χ0n) is 13.4. The summed E-state index contributed by atoms with van der Waals surface area (Å²) in [6.45, 7) is -0.586. The van der Waals surface area contributed by atoms with Crippen LogP contribution in [-0.4, -0.2) is 64.3 Å². The zero-order chi connectivity index (χ0) is 19.0. The van der Waals surface area contributed by atoms with Crippen molar-refractivity contribution in [1.29, 1.82) is 0 Å². The molecule has 136 valence electrons. The van der Waals surface area contributed by atoms with Gasteiger partial charge in [0.25, 0.3) is 11.8 Å². The summed E-state index contributed by atoms with van der Waals surface area (Å²) in [7, 11) is -7.41. The van der Waals surface area contributed by atoms with Crippen molar-refractivity contribution in [1.82, 2.24) is 4.90 Å². The molecule has 0 radical (unpaired) electrons. The van der Waals surface area contributed by atoms with Gasteiger partial charge >= 0.3 is 0 Å². The van der Waals surface area contributed by atoms with Gasteiger partial charge in [-0.25, -0.2) is 16.8 Å². The van der Waals surface area contributed by atoms with E-state index in [-0.39, 0.29) is 27.7 Å². The molecule has 9 nitrogen and oxygen atoms in total. The Bertz CT molecular complexity index is 928. The second kappa shape index (κ2) is 6.58. The Morgan fingerprint density at radius 3 is 1.96 bits per heavy atom. The van der Waals surface area contributed by atoms with Gasteiger partial charge in [0, 0.05) is 24.3 Å². The first-order valence-electron chi connectivity index (χ1n) is 6.94. The fourth-order valence-electron chi connectivity index (χ4n) is 2.14. The minimum Gasteiger partial charge on any atom is -0.395 e. The van der Waals surface area contributed by atoms with E-state index in [1.807, 2.05) is 0 Å². The van der Waals surface area contributed by atoms with Gasteiger partial charge in [-0.05, 0) is 18.2 Å². The van der Waals surface area contributed by atoms with Gasteiger partial charge in [0.1, 0.15) is 5.70 Å². The normalized spacial score (nSPS) is 15.5. The number of amides is 2. The predicted octanol–water partition coefficient (Wildman–Crippen LogP) is -0.849. The Kier molecular flexibility index (Phi) is 5.02. The highest BCUT2D eigenvalue weighted by Gasteiger charge is 2.31. The molecule has 0 saturated heterocycles. The maximum absolute atomic E-state index is 12.1. The van der Waals surface area contributed by atoms with Crippen molar-refractivity contribution in [2.45, 2.75) is 9.79 Å². The van der Waals surface area contributed by atoms with Crippen LogP contribution in [0.5, 0.6) is 0 Å². The molecule has 1 aliphatic rings. The Morgan fingerprint density at radius 1 is 1.00 bits per heavy atom. The average Bonchev–Trinajstić information content (AvgIpc) is 2.73. The summed E-state index contributed by atoms with van der Waals surface area (Å²) in [5.74, 6) is -1.34. The van der Waals surface area contributed by atoms with Crippen LogP contribution < -0.4 is 5.32 Å². The number of β-amino-alcohol motifs (C(OH)–C–C–N with tert-alkyl or cyclic N) is 1. The summed E-state index contributed by atoms with van der Waals surface area (Å²) in [5.41, 5.74) is -0.120. The standard InChI is InChI=1S/C14H16N2O7S2/c1-24(20,21)10-5-9(6-11(7-10)25(2,22)23)15-12-8-13(18)16(3-4-17)14(12)19/h5-8,15,17H,3-4H2,1-2H3. The first-order valence-corrected chi connectivity index (χ1v) is 10.7. The van der Waals surface area contributed by atoms with E-state index in [2.05, 4.69) is 5.32 Å². The fraction of sp³-hybridized carbons (Fsp3) is 0.286. The number of imide groups is 1. The maximum atomic E-state index is 12.1. The fourth-order valence-corrected chi connectivity index (χ4v) is 3.58. The molecule has 0 fully saturated rings. The molecule has 25 heavy (non-hydrogen) atoms. The number of nitrogens with one attached hydrogen (secondary N) is 1. The molecule has 1 heterocycles. The van der Waals surface area contributed by atoms with Crippen molar-refractivity contribution >= 4 is 37.2 Å². The minimum absolute atomic E-state index is 0.0293. The largest absolute Gasteiger partial charge is 0.395 e. The van der Waals surface area contributed by atoms with Crippen molar-refractivity contribution in [3.63, 3.8) is 0 Å². The lowest BCUT2D eigenvalue weighted by Crippen LogP contribution is -2.34. The third-order valence-corrected chi connectivity index (χ3v) is 5.53. The van der Waals surface area contributed by atoms with Crippen molar-refractivity contribution < 1.29 is 31.5 Å². The van der Waals surface area contributed by atoms with Gasteiger partial charge in [0.2, 0.25) is 0 Å². The molecule has 0 saturated carbocycles. The van der Waals surface area contributed by atoms with Crippen molar-refractivity contribution in [2.75, 3.05) is 31.0 Å². The lowest BCUT2D eigenvalue weighted by molar-refractivity contribution is -0.137. The van der Waals surface area contributed by atoms with Gasteiger partial charge in [-0.1, -0.05) is 0 Å². The molecule has 1 aliphatic heterocycles. The first kappa shape index (κ1) is 19.1. The molecule has 0 aliphatic carbocycles. The third-order valence-electron chi connectivity index (χ3n) is 3.35. The summed E-state index contributed by atoms with van der Waals surface area (Å²) in [4.78, 5) is 24.1. The molecule has 11 heteroatoms. The molecule has 2 amide bonds. The topological polar surface area (TPSA) is 138 Å². The second-order valence-electron chi connectivity index (χ2n) is 5.44. The van der Waals surface area contributed by atoms with Crippen molar-refractivity contribution in [2.24, 2.45) is 0 Å². The lowest BCUT2D eigenvalue weighted by Gasteiger charge is -2.14. The summed E-state index contributed by atoms with van der Waals surface area (Å²) in [6.07, 6.45) is 2.83. The number of benzene rings is 1. The summed E-state index contributed by atoms with van der Waals surface area (Å²) in [6, 6.07) is 3.35. The monoisotopic (exact) mass is 388 g/mol. The van der Waals surface area contributed by atoms with Crippen LogP contribution >= 0.6 is 0 Å². The Morgan fingerprint density at radius 2 is 1.52 bits per heavy atom. The molecule has 0 unspecified atom stereocenters. The number of anilines is 1. The number of carbonyl (C=O) groups excluding carboxylic acids is 2. The number of nitrogens with zero attached hydrogens (tertiary/aromatic N) is 1. The van der Waals surface area contributed by atoms with E-state index in [0.717, 1.165) is 41.7 Å². The van der Waals surface area contributed by atoms with Gasteiger partial charge in [0.05, 0.1) is 22.9 Å². The highest BCUT2D eigenvalue weighted by Crippen LogP contribution is 2.25. The van der Waals surface area contributed by atoms with Crippen LogP contribution in [0.3, 0.4) is 0 Å². The zero-order valence-corrected chi connectivity index (χ0v) is 15.0. The van der Waals surface area contributed by atoms with E-state index in [1.165, 1.54) is 0 Å². The number of carbonyl (C=O) groups is 2. The van der Waals surface area contributed by atoms with Gasteiger partial charge < -0.3 is 10.4 Å². The molecular weight excluding hydrogens is 372 g/mol. The van der Waals surface area contributed by atoms with E-state index < -0.39 is 38.1 Å². The molecule has 0 aromatic heterocycles. The molecule has 0 bridgehead atoms. The molecule has 1 aromatic rings. The number of hydrogen-bond acceptors (Lipinski definition) is 8. The Hall–Kier alpha value is -2.24. The van der Waals surface area contributed by atoms with Crippen LogP contribution in [0.25, 0.3) is 0 Å². The third kappa shape index (κ3) is 4.24. The van der Waals surface area contributed by atoms with E-state index in [0.29, 0.717) is 0 Å². The lowest BCUT2D eigenvalue weighted by atomic mass is 10.3. The van der Waals surface area contributed by atoms with Crippen molar-refractivity contribution in [3.05, 3.63) is 30.0 Å². The summed E-state index contributed by atoms with van der Waals surface area (Å²) in [5, 5.41) is 11.4. The smallest absolute Gasteiger partial charge is 0.277 e. The minimum atomic E-state index is -3.70. The molecular formula is C14H16N2O7S2. The number of aliphatic hydroxyl groups excluding tert-OH is 1. The number of hydrogen-bond donors (Lipinski definition) is 2. The maximum Gasteiger partial charge on any atom is 0.277 e. The van der Waals surface area contributed by atoms with Crippen LogP contribution in [0, 0.1) is 0 Å². The van der Waals surface area contributed by atoms with Gasteiger partial charge in [-0.15, -0.1) is 0 Å². The Balaban J connectivity index is 2.45. The van der Waals surface area contributed by atoms with E-state index >= 15 is 0 Å². The van der Waals surface area contributed by atoms with Crippen molar-refractivity contribution in [3.8, 4) is 0 Å². The van der Waals surface area contributed by atoms with Gasteiger partial charge in [-0.2, -0.15) is 0 Å². The van der Waals surface area contributed by atoms with Crippen LogP contribution in [0.1, 0.15) is 0 Å². The molecule has 0 spiro atoms. The predicted molar refractivity (Wildman–Crippen MR) is 88.2 cm³/mol. The number of sulfone groups is 2. The van der Waals surface area contributed by atoms with E-state index in [9.17, 15) is 26.4 Å². The van der Waals surface area contributed by atoms with Crippen LogP contribution in [0.15, 0.2) is 39.8 Å². The van der Waals surface area contributed by atoms with Crippen LogP contribution in [0.2, 0.25) is 0 Å². The van der Waals surface area contributed by atoms with Gasteiger partial charge in [0.15, 0.2) is 19.7 Å². The Labute approximate surface area is 144 Å². The van der Waals surface area contributed by atoms with Crippen LogP contribution in [0.4, 0.5) is 5.69 Å². The molecule has 2 rings (SSSR count). The highest BCUT2D eigenvalue weighted by molar-refractivity contribution is 7.91. The average molecular weight is 388 g/mol. The van der Waals surface area contributed by atoms with Crippen LogP contribution in [-0.2, 0) is 29.3 Å². The van der Waals surface area contributed by atoms with E-state index in [4.69, 9.17) is 5.11 Å². The summed E-state index contributed by atoms with van der Waals surface area (Å²) < 4.78 is 47.0. The quantitative estimate of drug-likeness (QED) is 0.601.